The highest BCUT2D eigenvalue weighted by atomic mass is 35.5. The summed E-state index contributed by atoms with van der Waals surface area (Å²) in [6.07, 6.45) is -9.30. The minimum atomic E-state index is -4.65. The third-order valence-corrected chi connectivity index (χ3v) is 3.38. The van der Waals surface area contributed by atoms with Crippen molar-refractivity contribution in [3.8, 4) is 11.5 Å². The quantitative estimate of drug-likeness (QED) is 0.560. The molecule has 0 aliphatic rings. The molecule has 0 aromatic carbocycles. The Kier molecular flexibility index (Phi) is 5.53. The van der Waals surface area contributed by atoms with Crippen LogP contribution in [0.25, 0.3) is 11.5 Å². The highest BCUT2D eigenvalue weighted by Gasteiger charge is 2.38. The van der Waals surface area contributed by atoms with E-state index in [4.69, 9.17) is 13.0 Å². The molecule has 0 fully saturated rings. The molecule has 2 heterocycles. The zero-order valence-electron chi connectivity index (χ0n) is 14.7. The molecule has 0 bridgehead atoms. The molecule has 0 amide bonds. The van der Waals surface area contributed by atoms with Crippen LogP contribution in [0.4, 0.5) is 38.2 Å². The molecule has 0 radical (unpaired) electrons. The van der Waals surface area contributed by atoms with E-state index in [1.54, 1.807) is 0 Å². The second-order valence-corrected chi connectivity index (χ2v) is 5.78. The van der Waals surface area contributed by atoms with Gasteiger partial charge in [-0.2, -0.15) is 41.3 Å². The summed E-state index contributed by atoms with van der Waals surface area (Å²) in [5.41, 5.74) is -0.120. The van der Waals surface area contributed by atoms with E-state index in [1.165, 1.54) is 6.07 Å². The van der Waals surface area contributed by atoms with Crippen LogP contribution in [0, 0.1) is 0 Å². The maximum Gasteiger partial charge on any atom is 0.408 e. The fourth-order valence-electron chi connectivity index (χ4n) is 1.65. The van der Waals surface area contributed by atoms with Gasteiger partial charge >= 0.3 is 12.4 Å². The third kappa shape index (κ3) is 5.81. The Balaban J connectivity index is 2.48. The van der Waals surface area contributed by atoms with Crippen LogP contribution in [0.5, 0.6) is 0 Å². The van der Waals surface area contributed by atoms with Gasteiger partial charge in [0.1, 0.15) is 22.9 Å². The van der Waals surface area contributed by atoms with Gasteiger partial charge in [0.25, 0.3) is 0 Å². The summed E-state index contributed by atoms with van der Waals surface area (Å²) < 4.78 is 84.3. The van der Waals surface area contributed by atoms with E-state index in [0.717, 1.165) is 19.9 Å². The molecule has 0 saturated carbocycles. The van der Waals surface area contributed by atoms with Crippen molar-refractivity contribution in [2.45, 2.75) is 38.3 Å². The number of nitrogens with one attached hydrogen (secondary N) is 2. The van der Waals surface area contributed by atoms with Crippen LogP contribution in [-0.2, 0) is 0 Å². The average molecular weight is 416 g/mol. The van der Waals surface area contributed by atoms with Crippen molar-refractivity contribution < 1.29 is 27.7 Å². The Bertz CT molecular complexity index is 786. The molecular formula is C14H13ClF6N6. The van der Waals surface area contributed by atoms with Gasteiger partial charge in [-0.25, -0.2) is 4.98 Å². The molecule has 0 aliphatic heterocycles. The van der Waals surface area contributed by atoms with Crippen LogP contribution >= 0.6 is 11.6 Å². The first kappa shape index (κ1) is 19.4. The van der Waals surface area contributed by atoms with Gasteiger partial charge in [0, 0.05) is 0 Å². The molecule has 2 atom stereocenters. The number of nitrogens with zero attached hydrogens (tertiary/aromatic N) is 4. The van der Waals surface area contributed by atoms with Crippen molar-refractivity contribution in [3.63, 3.8) is 0 Å². The molecule has 13 heteroatoms. The Labute approximate surface area is 155 Å². The molecule has 2 aromatic rings. The lowest BCUT2D eigenvalue weighted by Gasteiger charge is -2.20. The molecule has 27 heavy (non-hydrogen) atoms. The Morgan fingerprint density at radius 3 is 1.78 bits per heavy atom. The van der Waals surface area contributed by atoms with E-state index in [9.17, 15) is 26.3 Å². The predicted octanol–water partition coefficient (Wildman–Crippen LogP) is 4.31. The first-order valence-electron chi connectivity index (χ1n) is 7.83. The zero-order valence-corrected chi connectivity index (χ0v) is 14.5. The maximum atomic E-state index is 12.8. The molecule has 6 nitrogen and oxygen atoms in total. The van der Waals surface area contributed by atoms with Crippen molar-refractivity contribution in [1.82, 2.24) is 19.9 Å². The van der Waals surface area contributed by atoms with E-state index in [-0.39, 0.29) is 22.7 Å². The van der Waals surface area contributed by atoms with Crippen LogP contribution in [0.1, 0.15) is 15.2 Å². The summed E-state index contributed by atoms with van der Waals surface area (Å²) in [4.78, 5) is 14.9. The molecule has 0 saturated heterocycles. The predicted molar refractivity (Wildman–Crippen MR) is 86.3 cm³/mol. The number of hydrogen-bond donors (Lipinski definition) is 2. The van der Waals surface area contributed by atoms with Gasteiger partial charge < -0.3 is 10.6 Å². The van der Waals surface area contributed by atoms with Gasteiger partial charge in [0.2, 0.25) is 11.9 Å². The Morgan fingerprint density at radius 1 is 0.889 bits per heavy atom. The molecule has 2 N–H and O–H groups in total. The molecular weight excluding hydrogens is 402 g/mol. The lowest BCUT2D eigenvalue weighted by Crippen LogP contribution is -2.35. The first-order valence-corrected chi connectivity index (χ1v) is 7.70. The largest absolute Gasteiger partial charge is 0.408 e. The van der Waals surface area contributed by atoms with Gasteiger partial charge in [-0.05, 0) is 26.0 Å². The first-order chi connectivity index (χ1) is 12.8. The Morgan fingerprint density at radius 2 is 1.37 bits per heavy atom. The number of pyridine rings is 1. The summed E-state index contributed by atoms with van der Waals surface area (Å²) in [6, 6.07) is -1.95. The van der Waals surface area contributed by atoms with Gasteiger partial charge in [-0.1, -0.05) is 17.6 Å². The fourth-order valence-corrected chi connectivity index (χ4v) is 1.81. The van der Waals surface area contributed by atoms with Crippen LogP contribution < -0.4 is 10.6 Å². The van der Waals surface area contributed by atoms with E-state index in [0.29, 0.717) is 0 Å². The molecule has 2 aromatic heterocycles. The van der Waals surface area contributed by atoms with Gasteiger partial charge in [0.15, 0.2) is 5.82 Å². The molecule has 0 unspecified atom stereocenters. The van der Waals surface area contributed by atoms with Crippen molar-refractivity contribution in [1.29, 1.82) is 0 Å². The number of aromatic nitrogens is 4. The van der Waals surface area contributed by atoms with E-state index < -0.39 is 36.3 Å². The minimum Gasteiger partial charge on any atom is -0.343 e. The number of hydrogen-bond acceptors (Lipinski definition) is 6. The van der Waals surface area contributed by atoms with Gasteiger partial charge in [0.05, 0.1) is 1.37 Å². The maximum absolute atomic E-state index is 12.8. The third-order valence-electron chi connectivity index (χ3n) is 3.19. The summed E-state index contributed by atoms with van der Waals surface area (Å²) in [7, 11) is 0. The van der Waals surface area contributed by atoms with Crippen molar-refractivity contribution >= 4 is 23.5 Å². The van der Waals surface area contributed by atoms with E-state index in [2.05, 4.69) is 19.9 Å². The smallest absolute Gasteiger partial charge is 0.343 e. The summed E-state index contributed by atoms with van der Waals surface area (Å²) in [6.45, 7) is 1.57. The lowest BCUT2D eigenvalue weighted by molar-refractivity contribution is -0.139. The molecule has 0 spiro atoms. The average Bonchev–Trinajstić information content (AvgIpc) is 2.51. The molecule has 0 aliphatic carbocycles. The number of anilines is 2. The van der Waals surface area contributed by atoms with Crippen LogP contribution in [0.3, 0.4) is 0 Å². The topological polar surface area (TPSA) is 75.6 Å². The van der Waals surface area contributed by atoms with E-state index in [1.807, 2.05) is 10.6 Å². The van der Waals surface area contributed by atoms with Gasteiger partial charge in [-0.3, -0.25) is 0 Å². The summed E-state index contributed by atoms with van der Waals surface area (Å²) in [5, 5.41) is 3.79. The highest BCUT2D eigenvalue weighted by Crippen LogP contribution is 2.26. The minimum absolute atomic E-state index is 0.105. The zero-order chi connectivity index (χ0) is 21.3. The normalized spacial score (nSPS) is 15.1. The fraction of sp³-hybridized carbons (Fsp3) is 0.429. The summed E-state index contributed by atoms with van der Waals surface area (Å²) >= 11 is 5.74. The highest BCUT2D eigenvalue weighted by molar-refractivity contribution is 6.29. The monoisotopic (exact) mass is 415 g/mol. The van der Waals surface area contributed by atoms with Crippen molar-refractivity contribution in [3.05, 3.63) is 23.3 Å². The lowest BCUT2D eigenvalue weighted by atomic mass is 10.3. The van der Waals surface area contributed by atoms with Crippen LogP contribution in [0.2, 0.25) is 5.15 Å². The standard InChI is InChI=1S/C14H13ClF6N6/c1-6(13(16,17)18)22-11-25-10(8-4-3-5-9(15)24-8)26-12(27-11)23-7(2)14(19,20)21/h3-7H,1-2H3,(H2,22,23,25,26,27)/t6-,7-/m1/s1/i3D. The number of halogens is 7. The second-order valence-electron chi connectivity index (χ2n) is 5.40. The van der Waals surface area contributed by atoms with Crippen molar-refractivity contribution in [2.24, 2.45) is 0 Å². The van der Waals surface area contributed by atoms with Crippen molar-refractivity contribution in [2.75, 3.05) is 10.6 Å². The second kappa shape index (κ2) is 7.71. The SMILES string of the molecule is [2H]c1cc(Cl)nc(-c2nc(N[C@H](C)C(F)(F)F)nc(N[C@H](C)C(F)(F)F)n2)c1. The van der Waals surface area contributed by atoms with Gasteiger partial charge in [-0.15, -0.1) is 0 Å². The van der Waals surface area contributed by atoms with E-state index >= 15 is 0 Å². The molecule has 2 rings (SSSR count). The Hall–Kier alpha value is -2.37. The molecule has 148 valence electrons. The number of rotatable bonds is 5. The van der Waals surface area contributed by atoms with Crippen LogP contribution in [0.15, 0.2) is 18.2 Å². The number of alkyl halides is 6. The summed E-state index contributed by atoms with van der Waals surface area (Å²) in [5.74, 6) is -1.61. The van der Waals surface area contributed by atoms with Crippen LogP contribution in [-0.4, -0.2) is 44.4 Å².